The Labute approximate surface area is 476 Å². The largest absolute Gasteiger partial charge is 0.462 e. The molecule has 2 spiro atoms. The molecule has 81 heavy (non-hydrogen) atoms. The lowest BCUT2D eigenvalue weighted by molar-refractivity contribution is -0.350. The first kappa shape index (κ1) is 63.7. The Balaban J connectivity index is 1.10. The molecule has 456 valence electrons. The minimum absolute atomic E-state index is 0.0300. The van der Waals surface area contributed by atoms with Crippen molar-refractivity contribution in [3.05, 3.63) is 60.8 Å². The van der Waals surface area contributed by atoms with Crippen LogP contribution in [0, 0.1) is 23.7 Å². The average molecular weight is 1150 g/mol. The lowest BCUT2D eigenvalue weighted by Gasteiger charge is -2.51. The Kier molecular flexibility index (Phi) is 20.9. The Morgan fingerprint density at radius 1 is 0.852 bits per heavy atom. The summed E-state index contributed by atoms with van der Waals surface area (Å²) in [5.41, 5.74) is -0.0508. The van der Waals surface area contributed by atoms with Gasteiger partial charge in [-0.05, 0) is 44.6 Å². The molecule has 7 N–H and O–H groups in total. The lowest BCUT2D eigenvalue weighted by Crippen LogP contribution is -2.65. The van der Waals surface area contributed by atoms with Crippen molar-refractivity contribution in [2.75, 3.05) is 13.7 Å². The van der Waals surface area contributed by atoms with Crippen LogP contribution in [0.15, 0.2) is 60.8 Å². The number of hydrogen-bond acceptors (Lipinski definition) is 20. The van der Waals surface area contributed by atoms with Crippen molar-refractivity contribution in [2.45, 2.75) is 265 Å². The molecule has 8 aliphatic rings. The van der Waals surface area contributed by atoms with Crippen LogP contribution in [0.5, 0.6) is 0 Å². The van der Waals surface area contributed by atoms with E-state index in [0.29, 0.717) is 44.1 Å². The van der Waals surface area contributed by atoms with Gasteiger partial charge in [0, 0.05) is 102 Å². The number of hydrogen-bond donors (Lipinski definition) is 7. The van der Waals surface area contributed by atoms with Crippen LogP contribution in [0.2, 0.25) is 0 Å². The summed E-state index contributed by atoms with van der Waals surface area (Å²) >= 11 is 0. The average Bonchev–Trinajstić information content (AvgIpc) is 3.58. The molecule has 12 bridgehead atoms. The van der Waals surface area contributed by atoms with Gasteiger partial charge in [-0.3, -0.25) is 14.4 Å². The standard InChI is InChI=1S/C61H92O20/c1-10-11-15-40(63)18-33(2)19-51-53(68)55-37(6)56(75-51)57(69)61(71)30-49(66)35(4)50(81-61)17-14-12-13-16-42-21-41(64)26-59(77-42)28-45(72-9)22-43(78-59)24-48(65)36(5)54-34(3)39(31-73-54)20-47-27-58(8,70)32-60(80-47)29-46(74-38(7)62)23-44(79-60)25-52(67)76-55/h10-11,13,15-16,20,34-37,40-47,49-51,53-57,63-64,66,68-71H,1-2,12,14,17-19,21-32H2,3-9H3. The fraction of sp³-hybridized carbons (Fsp3) is 0.787. The molecule has 8 aliphatic heterocycles. The molecule has 24 atom stereocenters. The second-order valence-corrected chi connectivity index (χ2v) is 25.2. The van der Waals surface area contributed by atoms with E-state index in [0.717, 1.165) is 5.57 Å². The van der Waals surface area contributed by atoms with Crippen molar-refractivity contribution in [3.8, 4) is 0 Å². The second-order valence-electron chi connectivity index (χ2n) is 25.2. The van der Waals surface area contributed by atoms with Crippen molar-refractivity contribution in [1.82, 2.24) is 0 Å². The van der Waals surface area contributed by atoms with Crippen LogP contribution in [-0.2, 0) is 61.8 Å². The van der Waals surface area contributed by atoms with Crippen LogP contribution in [0.3, 0.4) is 0 Å². The Morgan fingerprint density at radius 2 is 1.56 bits per heavy atom. The van der Waals surface area contributed by atoms with Gasteiger partial charge in [0.1, 0.15) is 30.2 Å². The summed E-state index contributed by atoms with van der Waals surface area (Å²) in [6, 6.07) is 0. The van der Waals surface area contributed by atoms with E-state index in [1.54, 1.807) is 34.0 Å². The number of carbonyl (C=O) groups excluding carboxylic acids is 3. The molecule has 0 radical (unpaired) electrons. The maximum atomic E-state index is 14.4. The first-order valence-corrected chi connectivity index (χ1v) is 29.5. The number of esters is 2. The van der Waals surface area contributed by atoms with Gasteiger partial charge >= 0.3 is 11.9 Å². The Bertz CT molecular complexity index is 2300. The number of Topliss-reactive ketones (excluding diaryl/α,β-unsaturated/α-hetero) is 1. The molecule has 20 nitrogen and oxygen atoms in total. The molecule has 8 heterocycles. The molecule has 20 heteroatoms. The third-order valence-corrected chi connectivity index (χ3v) is 18.2. The maximum Gasteiger partial charge on any atom is 0.308 e. The summed E-state index contributed by atoms with van der Waals surface area (Å²) in [6.07, 6.45) is -2.66. The number of allylic oxidation sites excluding steroid dienone is 3. The van der Waals surface area contributed by atoms with Gasteiger partial charge in [0.05, 0.1) is 91.9 Å². The predicted molar refractivity (Wildman–Crippen MR) is 291 cm³/mol. The number of aliphatic hydroxyl groups excluding tert-OH is 5. The van der Waals surface area contributed by atoms with Crippen LogP contribution >= 0.6 is 0 Å². The summed E-state index contributed by atoms with van der Waals surface area (Å²) < 4.78 is 63.9. The topological polar surface area (TPSA) is 285 Å². The van der Waals surface area contributed by atoms with Crippen molar-refractivity contribution in [2.24, 2.45) is 23.7 Å². The van der Waals surface area contributed by atoms with E-state index >= 15 is 0 Å². The van der Waals surface area contributed by atoms with Crippen molar-refractivity contribution >= 4 is 17.7 Å². The number of ketones is 1. The first-order valence-electron chi connectivity index (χ1n) is 29.5. The van der Waals surface area contributed by atoms with Gasteiger partial charge in [-0.1, -0.05) is 82.9 Å². The second kappa shape index (κ2) is 26.5. The molecule has 0 aromatic carbocycles. The van der Waals surface area contributed by atoms with E-state index < -0.39 is 157 Å². The highest BCUT2D eigenvalue weighted by atomic mass is 16.7. The van der Waals surface area contributed by atoms with Gasteiger partial charge in [0.25, 0.3) is 0 Å². The van der Waals surface area contributed by atoms with E-state index in [9.17, 15) is 50.1 Å². The molecule has 8 rings (SSSR count). The highest BCUT2D eigenvalue weighted by Gasteiger charge is 2.58. The molecule has 0 aliphatic carbocycles. The normalized spacial score (nSPS) is 46.2. The van der Waals surface area contributed by atoms with Gasteiger partial charge in [-0.15, -0.1) is 0 Å². The van der Waals surface area contributed by atoms with Crippen LogP contribution in [0.25, 0.3) is 0 Å². The molecule has 7 fully saturated rings. The predicted octanol–water partition coefficient (Wildman–Crippen LogP) is 4.79. The minimum Gasteiger partial charge on any atom is -0.462 e. The minimum atomic E-state index is -2.37. The number of rotatable bonds is 8. The highest BCUT2D eigenvalue weighted by Crippen LogP contribution is 2.48. The molecular weight excluding hydrogens is 1050 g/mol. The highest BCUT2D eigenvalue weighted by molar-refractivity contribution is 5.82. The van der Waals surface area contributed by atoms with Crippen molar-refractivity contribution < 1.29 is 97.5 Å². The fourth-order valence-electron chi connectivity index (χ4n) is 14.2. The zero-order valence-corrected chi connectivity index (χ0v) is 48.4. The number of fused-ring (bicyclic) bond motifs is 10. The van der Waals surface area contributed by atoms with Gasteiger partial charge in [0.15, 0.2) is 17.4 Å². The van der Waals surface area contributed by atoms with Gasteiger partial charge in [-0.25, -0.2) is 0 Å². The van der Waals surface area contributed by atoms with Gasteiger partial charge in [0.2, 0.25) is 0 Å². The Hall–Kier alpha value is -3.29. The van der Waals surface area contributed by atoms with E-state index in [1.165, 1.54) is 19.1 Å². The van der Waals surface area contributed by atoms with E-state index in [-0.39, 0.29) is 75.8 Å². The van der Waals surface area contributed by atoms with Gasteiger partial charge in [-0.2, -0.15) is 0 Å². The Morgan fingerprint density at radius 3 is 2.28 bits per heavy atom. The number of aliphatic hydroxyl groups is 7. The van der Waals surface area contributed by atoms with E-state index in [2.05, 4.69) is 13.2 Å². The van der Waals surface area contributed by atoms with Crippen LogP contribution < -0.4 is 0 Å². The molecule has 0 saturated carbocycles. The number of ether oxygens (including phenoxy) is 10. The molecule has 0 aromatic heterocycles. The van der Waals surface area contributed by atoms with Crippen LogP contribution in [0.1, 0.15) is 144 Å². The van der Waals surface area contributed by atoms with Gasteiger partial charge < -0.3 is 83.1 Å². The monoisotopic (exact) mass is 1140 g/mol. The summed E-state index contributed by atoms with van der Waals surface area (Å²) in [7, 11) is 1.61. The van der Waals surface area contributed by atoms with Crippen LogP contribution in [0.4, 0.5) is 0 Å². The summed E-state index contributed by atoms with van der Waals surface area (Å²) in [5, 5.41) is 82.1. The van der Waals surface area contributed by atoms with Crippen molar-refractivity contribution in [3.63, 3.8) is 0 Å². The number of carbonyl (C=O) groups is 3. The number of methoxy groups -OCH3 is 1. The molecule has 24 unspecified atom stereocenters. The summed E-state index contributed by atoms with van der Waals surface area (Å²) in [4.78, 5) is 41.2. The molecule has 0 aromatic rings. The van der Waals surface area contributed by atoms with E-state index in [4.69, 9.17) is 47.4 Å². The maximum absolute atomic E-state index is 14.4. The third-order valence-electron chi connectivity index (χ3n) is 18.2. The zero-order chi connectivity index (χ0) is 58.8. The molecular formula is C61H92O20. The molecule has 7 saturated heterocycles. The quantitative estimate of drug-likeness (QED) is 0.0977. The molecule has 0 amide bonds. The summed E-state index contributed by atoms with van der Waals surface area (Å²) in [5.74, 6) is -8.84. The first-order chi connectivity index (χ1) is 38.2. The van der Waals surface area contributed by atoms with E-state index in [1.807, 2.05) is 32.1 Å². The fourth-order valence-corrected chi connectivity index (χ4v) is 14.2. The smallest absolute Gasteiger partial charge is 0.308 e. The van der Waals surface area contributed by atoms with Crippen LogP contribution in [-0.4, -0.2) is 188 Å². The SMILES string of the molecule is C=CC=CC(O)CC(=C)CC1OC2C(C)C(OC(=O)CC3CC(OC(C)=O)CC4(CC(C)(O)CC(C=C5COC(C(C)C(=O)CC6CC(OC)CC7(CC(O)CC(C=CCCCC8OC(O)(CC(O)C8C)C2O)O7)O6)C5C)O4)O3)C1O. The van der Waals surface area contributed by atoms with Crippen molar-refractivity contribution in [1.29, 1.82) is 0 Å². The lowest BCUT2D eigenvalue weighted by atomic mass is 9.78. The summed E-state index contributed by atoms with van der Waals surface area (Å²) in [6.45, 7) is 18.1. The third kappa shape index (κ3) is 15.6. The zero-order valence-electron chi connectivity index (χ0n) is 48.4.